The van der Waals surface area contributed by atoms with Gasteiger partial charge in [0.15, 0.2) is 0 Å². The highest BCUT2D eigenvalue weighted by Crippen LogP contribution is 2.00. The molecule has 4 atom stereocenters. The van der Waals surface area contributed by atoms with E-state index in [1.54, 1.807) is 0 Å². The molecule has 0 aromatic rings. The van der Waals surface area contributed by atoms with Crippen LogP contribution in [-0.4, -0.2) is 46.2 Å². The lowest BCUT2D eigenvalue weighted by Gasteiger charge is -2.24. The van der Waals surface area contributed by atoms with E-state index < -0.39 is 24.4 Å². The van der Waals surface area contributed by atoms with Crippen molar-refractivity contribution in [2.75, 3.05) is 6.54 Å². The normalized spacial score (nSPS) is 22.4. The Balaban J connectivity index is 3.90. The molecule has 0 saturated heterocycles. The monoisotopic (exact) mass is 164 g/mol. The van der Waals surface area contributed by atoms with Gasteiger partial charge in [-0.2, -0.15) is 0 Å². The molecule has 5 nitrogen and oxygen atoms in total. The summed E-state index contributed by atoms with van der Waals surface area (Å²) in [5.74, 6) is 0. The van der Waals surface area contributed by atoms with Crippen LogP contribution in [0.25, 0.3) is 0 Å². The van der Waals surface area contributed by atoms with Crippen LogP contribution in [0.5, 0.6) is 0 Å². The fourth-order valence-corrected chi connectivity index (χ4v) is 0.681. The van der Waals surface area contributed by atoms with Gasteiger partial charge in [0.1, 0.15) is 0 Å². The van der Waals surface area contributed by atoms with Crippen molar-refractivity contribution in [3.05, 3.63) is 0 Å². The summed E-state index contributed by atoms with van der Waals surface area (Å²) >= 11 is 0. The van der Waals surface area contributed by atoms with E-state index in [1.807, 2.05) is 0 Å². The van der Waals surface area contributed by atoms with Crippen molar-refractivity contribution in [1.82, 2.24) is 0 Å². The highest BCUT2D eigenvalue weighted by atomic mass is 16.3. The average molecular weight is 164 g/mol. The molecule has 0 fully saturated rings. The highest BCUT2D eigenvalue weighted by molar-refractivity contribution is 4.82. The second-order valence-electron chi connectivity index (χ2n) is 2.61. The second kappa shape index (κ2) is 4.63. The van der Waals surface area contributed by atoms with Crippen LogP contribution >= 0.6 is 0 Å². The van der Waals surface area contributed by atoms with E-state index in [-0.39, 0.29) is 6.54 Å². The minimum atomic E-state index is -1.17. The Morgan fingerprint density at radius 1 is 1.27 bits per heavy atom. The SMILES string of the molecule is CC(O)C(N)C(O)C(O)CN. The summed E-state index contributed by atoms with van der Waals surface area (Å²) in [6.45, 7) is 1.37. The molecule has 0 saturated carbocycles. The Kier molecular flexibility index (Phi) is 4.55. The minimum absolute atomic E-state index is 0.0679. The number of aliphatic hydroxyl groups is 3. The van der Waals surface area contributed by atoms with Crippen molar-refractivity contribution in [3.63, 3.8) is 0 Å². The first-order valence-electron chi connectivity index (χ1n) is 3.50. The standard InChI is InChI=1S/C6H16N2O3/c1-3(9)5(8)6(11)4(10)2-7/h3-6,9-11H,2,7-8H2,1H3. The molecule has 0 bridgehead atoms. The summed E-state index contributed by atoms with van der Waals surface area (Å²) in [5.41, 5.74) is 10.4. The second-order valence-corrected chi connectivity index (χ2v) is 2.61. The quantitative estimate of drug-likeness (QED) is 0.312. The van der Waals surface area contributed by atoms with Gasteiger partial charge in [-0.05, 0) is 6.92 Å². The van der Waals surface area contributed by atoms with E-state index in [0.717, 1.165) is 0 Å². The van der Waals surface area contributed by atoms with Crippen LogP contribution in [0.2, 0.25) is 0 Å². The number of aliphatic hydroxyl groups excluding tert-OH is 3. The third-order valence-corrected chi connectivity index (χ3v) is 1.59. The largest absolute Gasteiger partial charge is 0.392 e. The fourth-order valence-electron chi connectivity index (χ4n) is 0.681. The van der Waals surface area contributed by atoms with Crippen LogP contribution in [0.15, 0.2) is 0 Å². The number of hydrogen-bond donors (Lipinski definition) is 5. The summed E-state index contributed by atoms with van der Waals surface area (Å²) in [5, 5.41) is 27.0. The van der Waals surface area contributed by atoms with Gasteiger partial charge in [-0.15, -0.1) is 0 Å². The van der Waals surface area contributed by atoms with Crippen molar-refractivity contribution in [2.45, 2.75) is 31.3 Å². The Labute approximate surface area is 65.6 Å². The van der Waals surface area contributed by atoms with Crippen molar-refractivity contribution in [3.8, 4) is 0 Å². The van der Waals surface area contributed by atoms with Crippen LogP contribution < -0.4 is 11.5 Å². The molecule has 0 aliphatic rings. The van der Waals surface area contributed by atoms with Gasteiger partial charge >= 0.3 is 0 Å². The molecule has 4 unspecified atom stereocenters. The summed E-state index contributed by atoms with van der Waals surface area (Å²) in [4.78, 5) is 0. The molecule has 0 rings (SSSR count). The third-order valence-electron chi connectivity index (χ3n) is 1.59. The lowest BCUT2D eigenvalue weighted by molar-refractivity contribution is -0.0190. The van der Waals surface area contributed by atoms with Crippen LogP contribution in [0, 0.1) is 0 Å². The van der Waals surface area contributed by atoms with Crippen molar-refractivity contribution in [1.29, 1.82) is 0 Å². The molecule has 0 heterocycles. The van der Waals surface area contributed by atoms with E-state index in [9.17, 15) is 0 Å². The van der Waals surface area contributed by atoms with Gasteiger partial charge in [0.2, 0.25) is 0 Å². The molecule has 0 amide bonds. The van der Waals surface area contributed by atoms with Crippen molar-refractivity contribution in [2.24, 2.45) is 11.5 Å². The third kappa shape index (κ3) is 3.13. The van der Waals surface area contributed by atoms with Crippen LogP contribution in [0.3, 0.4) is 0 Å². The molecular formula is C6H16N2O3. The lowest BCUT2D eigenvalue weighted by Crippen LogP contribution is -2.51. The van der Waals surface area contributed by atoms with E-state index >= 15 is 0 Å². The first-order chi connectivity index (χ1) is 5.00. The molecule has 0 aliphatic heterocycles. The Hall–Kier alpha value is -0.200. The van der Waals surface area contributed by atoms with Gasteiger partial charge in [-0.1, -0.05) is 0 Å². The van der Waals surface area contributed by atoms with Crippen LogP contribution in [0.1, 0.15) is 6.92 Å². The van der Waals surface area contributed by atoms with Crippen molar-refractivity contribution >= 4 is 0 Å². The highest BCUT2D eigenvalue weighted by Gasteiger charge is 2.25. The maximum absolute atomic E-state index is 9.14. The summed E-state index contributed by atoms with van der Waals surface area (Å²) in [7, 11) is 0. The molecule has 0 spiro atoms. The first-order valence-corrected chi connectivity index (χ1v) is 3.50. The minimum Gasteiger partial charge on any atom is -0.392 e. The maximum Gasteiger partial charge on any atom is 0.0987 e. The predicted molar refractivity (Wildman–Crippen MR) is 40.7 cm³/mol. The number of hydrogen-bond acceptors (Lipinski definition) is 5. The zero-order valence-corrected chi connectivity index (χ0v) is 6.51. The molecule has 11 heavy (non-hydrogen) atoms. The number of nitrogens with two attached hydrogens (primary N) is 2. The first kappa shape index (κ1) is 10.8. The van der Waals surface area contributed by atoms with E-state index in [4.69, 9.17) is 26.8 Å². The maximum atomic E-state index is 9.14. The summed E-state index contributed by atoms with van der Waals surface area (Å²) in [6, 6.07) is -0.853. The predicted octanol–water partition coefficient (Wildman–Crippen LogP) is -2.62. The van der Waals surface area contributed by atoms with E-state index in [1.165, 1.54) is 6.92 Å². The zero-order chi connectivity index (χ0) is 9.02. The zero-order valence-electron chi connectivity index (χ0n) is 6.51. The molecular weight excluding hydrogens is 148 g/mol. The van der Waals surface area contributed by atoms with Crippen LogP contribution in [0.4, 0.5) is 0 Å². The molecule has 0 aromatic heterocycles. The van der Waals surface area contributed by atoms with Gasteiger partial charge in [-0.3, -0.25) is 0 Å². The number of rotatable bonds is 4. The molecule has 7 N–H and O–H groups in total. The molecule has 5 heteroatoms. The summed E-state index contributed by atoms with van der Waals surface area (Å²) in [6.07, 6.45) is -3.09. The fraction of sp³-hybridized carbons (Fsp3) is 1.00. The Morgan fingerprint density at radius 2 is 1.73 bits per heavy atom. The molecule has 68 valence electrons. The van der Waals surface area contributed by atoms with Gasteiger partial charge in [-0.25, -0.2) is 0 Å². The van der Waals surface area contributed by atoms with Crippen molar-refractivity contribution < 1.29 is 15.3 Å². The van der Waals surface area contributed by atoms with Gasteiger partial charge in [0.25, 0.3) is 0 Å². The lowest BCUT2D eigenvalue weighted by atomic mass is 10.0. The Bertz CT molecular complexity index is 110. The average Bonchev–Trinajstić information content (AvgIpc) is 2.00. The van der Waals surface area contributed by atoms with Gasteiger partial charge < -0.3 is 26.8 Å². The molecule has 0 aliphatic carbocycles. The molecule has 0 aromatic carbocycles. The van der Waals surface area contributed by atoms with Gasteiger partial charge in [0, 0.05) is 6.54 Å². The van der Waals surface area contributed by atoms with Gasteiger partial charge in [0.05, 0.1) is 24.4 Å². The smallest absolute Gasteiger partial charge is 0.0987 e. The van der Waals surface area contributed by atoms with E-state index in [2.05, 4.69) is 0 Å². The van der Waals surface area contributed by atoms with Crippen LogP contribution in [-0.2, 0) is 0 Å². The molecule has 0 radical (unpaired) electrons. The van der Waals surface area contributed by atoms with E-state index in [0.29, 0.717) is 0 Å². The Morgan fingerprint density at radius 3 is 2.00 bits per heavy atom. The summed E-state index contributed by atoms with van der Waals surface area (Å²) < 4.78 is 0. The topological polar surface area (TPSA) is 113 Å².